The molecule has 0 unspecified atom stereocenters. The van der Waals surface area contributed by atoms with Crippen LogP contribution in [-0.4, -0.2) is 5.91 Å². The second-order valence-electron chi connectivity index (χ2n) is 7.18. The van der Waals surface area contributed by atoms with Crippen molar-refractivity contribution in [2.24, 2.45) is 0 Å². The minimum absolute atomic E-state index is 0.0158. The van der Waals surface area contributed by atoms with E-state index >= 15 is 0 Å². The third-order valence-electron chi connectivity index (χ3n) is 5.12. The van der Waals surface area contributed by atoms with Crippen molar-refractivity contribution in [3.63, 3.8) is 0 Å². The van der Waals surface area contributed by atoms with Crippen LogP contribution in [0.2, 0.25) is 5.02 Å². The Kier molecular flexibility index (Phi) is 6.95. The van der Waals surface area contributed by atoms with Gasteiger partial charge in [0.05, 0.1) is 6.04 Å². The summed E-state index contributed by atoms with van der Waals surface area (Å²) in [4.78, 5) is 12.7. The standard InChI is InChI=1S/C25H26ClNO2/c1-4-24(20-10-9-17(2)18(3)15-20)27-25(28)19-11-13-22(14-12-19)29-16-21-7-5-6-8-23(21)26/h5-15,24H,4,16H2,1-3H3,(H,27,28)/t24-/m0/s1. The summed E-state index contributed by atoms with van der Waals surface area (Å²) in [6, 6.07) is 21.1. The fourth-order valence-corrected chi connectivity index (χ4v) is 3.31. The number of rotatable bonds is 7. The van der Waals surface area contributed by atoms with Crippen molar-refractivity contribution in [2.45, 2.75) is 39.8 Å². The molecule has 0 aliphatic heterocycles. The highest BCUT2D eigenvalue weighted by Crippen LogP contribution is 2.22. The summed E-state index contributed by atoms with van der Waals surface area (Å²) in [5.74, 6) is 0.607. The van der Waals surface area contributed by atoms with Crippen LogP contribution in [0.15, 0.2) is 66.7 Å². The maximum atomic E-state index is 12.7. The summed E-state index contributed by atoms with van der Waals surface area (Å²) in [5.41, 5.74) is 5.15. The van der Waals surface area contributed by atoms with Crippen LogP contribution in [0.25, 0.3) is 0 Å². The number of hydrogen-bond acceptors (Lipinski definition) is 2. The molecule has 3 aromatic carbocycles. The van der Waals surface area contributed by atoms with E-state index in [1.807, 2.05) is 36.4 Å². The van der Waals surface area contributed by atoms with Crippen molar-refractivity contribution in [3.8, 4) is 5.75 Å². The molecule has 0 fully saturated rings. The van der Waals surface area contributed by atoms with Crippen LogP contribution in [0.3, 0.4) is 0 Å². The Balaban J connectivity index is 1.63. The molecule has 4 heteroatoms. The minimum atomic E-state index is -0.0901. The molecule has 0 spiro atoms. The molecule has 0 aromatic heterocycles. The Bertz CT molecular complexity index is 982. The van der Waals surface area contributed by atoms with Crippen LogP contribution in [-0.2, 0) is 6.61 Å². The van der Waals surface area contributed by atoms with Gasteiger partial charge in [-0.05, 0) is 67.3 Å². The highest BCUT2D eigenvalue weighted by molar-refractivity contribution is 6.31. The summed E-state index contributed by atoms with van der Waals surface area (Å²) >= 11 is 6.16. The summed E-state index contributed by atoms with van der Waals surface area (Å²) in [6.07, 6.45) is 0.827. The Morgan fingerprint density at radius 2 is 1.72 bits per heavy atom. The number of benzene rings is 3. The smallest absolute Gasteiger partial charge is 0.251 e. The van der Waals surface area contributed by atoms with Gasteiger partial charge in [-0.25, -0.2) is 0 Å². The lowest BCUT2D eigenvalue weighted by molar-refractivity contribution is 0.0935. The van der Waals surface area contributed by atoms with Gasteiger partial charge in [-0.1, -0.05) is 54.9 Å². The van der Waals surface area contributed by atoms with Crippen LogP contribution < -0.4 is 10.1 Å². The maximum Gasteiger partial charge on any atom is 0.251 e. The third kappa shape index (κ3) is 5.39. The molecular formula is C25H26ClNO2. The second kappa shape index (κ2) is 9.62. The highest BCUT2D eigenvalue weighted by atomic mass is 35.5. The number of halogens is 1. The lowest BCUT2D eigenvalue weighted by atomic mass is 9.99. The molecule has 1 atom stereocenters. The first-order chi connectivity index (χ1) is 14.0. The predicted molar refractivity (Wildman–Crippen MR) is 119 cm³/mol. The van der Waals surface area contributed by atoms with Gasteiger partial charge in [0.2, 0.25) is 0 Å². The molecule has 0 aliphatic carbocycles. The van der Waals surface area contributed by atoms with E-state index in [9.17, 15) is 4.79 Å². The summed E-state index contributed by atoms with van der Waals surface area (Å²) in [5, 5.41) is 3.81. The lowest BCUT2D eigenvalue weighted by Crippen LogP contribution is -2.28. The third-order valence-corrected chi connectivity index (χ3v) is 5.48. The van der Waals surface area contributed by atoms with Crippen molar-refractivity contribution >= 4 is 17.5 Å². The van der Waals surface area contributed by atoms with E-state index in [0.717, 1.165) is 17.5 Å². The number of ether oxygens (including phenoxy) is 1. The average Bonchev–Trinajstić information content (AvgIpc) is 2.73. The molecular weight excluding hydrogens is 382 g/mol. The first-order valence-corrected chi connectivity index (χ1v) is 10.2. The van der Waals surface area contributed by atoms with Gasteiger partial charge in [0, 0.05) is 16.1 Å². The van der Waals surface area contributed by atoms with Gasteiger partial charge in [-0.15, -0.1) is 0 Å². The molecule has 150 valence electrons. The molecule has 0 bridgehead atoms. The average molecular weight is 408 g/mol. The zero-order valence-electron chi connectivity index (χ0n) is 17.0. The van der Waals surface area contributed by atoms with Gasteiger partial charge in [0.25, 0.3) is 5.91 Å². The molecule has 0 saturated heterocycles. The molecule has 29 heavy (non-hydrogen) atoms. The minimum Gasteiger partial charge on any atom is -0.489 e. The molecule has 0 radical (unpaired) electrons. The number of nitrogens with one attached hydrogen (secondary N) is 1. The van der Waals surface area contributed by atoms with Crippen molar-refractivity contribution < 1.29 is 9.53 Å². The van der Waals surface area contributed by atoms with Crippen LogP contribution in [0.1, 0.15) is 52.0 Å². The van der Waals surface area contributed by atoms with Gasteiger partial charge in [0.15, 0.2) is 0 Å². The van der Waals surface area contributed by atoms with Crippen molar-refractivity contribution in [1.82, 2.24) is 5.32 Å². The van der Waals surface area contributed by atoms with E-state index in [0.29, 0.717) is 22.9 Å². The summed E-state index contributed by atoms with van der Waals surface area (Å²) in [6.45, 7) is 6.64. The van der Waals surface area contributed by atoms with Gasteiger partial charge in [0.1, 0.15) is 12.4 Å². The first-order valence-electron chi connectivity index (χ1n) is 9.82. The van der Waals surface area contributed by atoms with Crippen LogP contribution in [0.5, 0.6) is 5.75 Å². The van der Waals surface area contributed by atoms with Gasteiger partial charge < -0.3 is 10.1 Å². The zero-order valence-corrected chi connectivity index (χ0v) is 17.8. The van der Waals surface area contributed by atoms with Crippen molar-refractivity contribution in [1.29, 1.82) is 0 Å². The van der Waals surface area contributed by atoms with E-state index in [2.05, 4.69) is 44.3 Å². The van der Waals surface area contributed by atoms with Crippen molar-refractivity contribution in [2.75, 3.05) is 0 Å². The largest absolute Gasteiger partial charge is 0.489 e. The predicted octanol–water partition coefficient (Wildman–Crippen LogP) is 6.42. The Hall–Kier alpha value is -2.78. The lowest BCUT2D eigenvalue weighted by Gasteiger charge is -2.19. The van der Waals surface area contributed by atoms with Crippen LogP contribution >= 0.6 is 11.6 Å². The van der Waals surface area contributed by atoms with E-state index < -0.39 is 0 Å². The SMILES string of the molecule is CC[C@H](NC(=O)c1ccc(OCc2ccccc2Cl)cc1)c1ccc(C)c(C)c1. The molecule has 3 aromatic rings. The monoisotopic (exact) mass is 407 g/mol. The molecule has 3 nitrogen and oxygen atoms in total. The molecule has 1 N–H and O–H groups in total. The topological polar surface area (TPSA) is 38.3 Å². The first kappa shape index (κ1) is 20.9. The number of hydrogen-bond donors (Lipinski definition) is 1. The highest BCUT2D eigenvalue weighted by Gasteiger charge is 2.15. The molecule has 1 amide bonds. The van der Waals surface area contributed by atoms with Gasteiger partial charge in [-0.3, -0.25) is 4.79 Å². The van der Waals surface area contributed by atoms with Gasteiger partial charge in [-0.2, -0.15) is 0 Å². The molecule has 0 aliphatic rings. The quantitative estimate of drug-likeness (QED) is 0.491. The maximum absolute atomic E-state index is 12.7. The van der Waals surface area contributed by atoms with Gasteiger partial charge >= 0.3 is 0 Å². The molecule has 0 heterocycles. The second-order valence-corrected chi connectivity index (χ2v) is 7.59. The van der Waals surface area contributed by atoms with Crippen LogP contribution in [0.4, 0.5) is 0 Å². The van der Waals surface area contributed by atoms with E-state index in [-0.39, 0.29) is 11.9 Å². The Morgan fingerprint density at radius 1 is 1.00 bits per heavy atom. The van der Waals surface area contributed by atoms with Crippen LogP contribution in [0, 0.1) is 13.8 Å². The fourth-order valence-electron chi connectivity index (χ4n) is 3.12. The number of carbonyl (C=O) groups excluding carboxylic acids is 1. The molecule has 0 saturated carbocycles. The molecule has 3 rings (SSSR count). The van der Waals surface area contributed by atoms with E-state index in [1.165, 1.54) is 11.1 Å². The summed E-state index contributed by atoms with van der Waals surface area (Å²) < 4.78 is 5.79. The van der Waals surface area contributed by atoms with Crippen molar-refractivity contribution in [3.05, 3.63) is 99.6 Å². The number of aryl methyl sites for hydroxylation is 2. The Labute approximate surface area is 177 Å². The number of amides is 1. The fraction of sp³-hybridized carbons (Fsp3) is 0.240. The van der Waals surface area contributed by atoms with E-state index in [1.54, 1.807) is 12.1 Å². The normalized spacial score (nSPS) is 11.7. The Morgan fingerprint density at radius 3 is 2.38 bits per heavy atom. The summed E-state index contributed by atoms with van der Waals surface area (Å²) in [7, 11) is 0. The number of carbonyl (C=O) groups is 1. The van der Waals surface area contributed by atoms with E-state index in [4.69, 9.17) is 16.3 Å². The zero-order chi connectivity index (χ0) is 20.8.